The lowest BCUT2D eigenvalue weighted by Crippen LogP contribution is -2.51. The molecule has 0 amide bonds. The van der Waals surface area contributed by atoms with Crippen molar-refractivity contribution in [2.24, 2.45) is 34.0 Å². The van der Waals surface area contributed by atoms with E-state index in [9.17, 15) is 15.0 Å². The van der Waals surface area contributed by atoms with E-state index < -0.39 is 5.60 Å². The summed E-state index contributed by atoms with van der Waals surface area (Å²) in [7, 11) is 1.62. The molecule has 26 heavy (non-hydrogen) atoms. The summed E-state index contributed by atoms with van der Waals surface area (Å²) in [4.78, 5) is 12.9. The first kappa shape index (κ1) is 17.4. The summed E-state index contributed by atoms with van der Waals surface area (Å²) in [5, 5.41) is 20.8. The number of aliphatic hydroxyl groups is 2. The Balaban J connectivity index is 1.50. The number of methoxy groups -OCH3 is 1. The van der Waals surface area contributed by atoms with Gasteiger partial charge in [-0.25, -0.2) is 0 Å². The highest BCUT2D eigenvalue weighted by Crippen LogP contribution is 2.75. The summed E-state index contributed by atoms with van der Waals surface area (Å²) >= 11 is 0. The minimum Gasteiger partial charge on any atom is -0.435 e. The zero-order valence-corrected chi connectivity index (χ0v) is 16.0. The Morgan fingerprint density at radius 3 is 2.65 bits per heavy atom. The highest BCUT2D eigenvalue weighted by molar-refractivity contribution is 5.80. The molecule has 0 unspecified atom stereocenters. The van der Waals surface area contributed by atoms with Crippen molar-refractivity contribution in [2.45, 2.75) is 76.6 Å². The van der Waals surface area contributed by atoms with E-state index >= 15 is 0 Å². The normalized spacial score (nSPS) is 57.9. The quantitative estimate of drug-likeness (QED) is 0.737. The van der Waals surface area contributed by atoms with Crippen LogP contribution in [-0.2, 0) is 14.3 Å². The lowest BCUT2D eigenvalue weighted by atomic mass is 9.46. The standard InChI is InChI=1S/C21H32O5/c1-18-7-8-20(10-16(25-2)26-17(20)23)15(18)5-6-19-9-13(3-4-14(18)19)21(24,11-19)12-22/h13-16,22,24H,3-12H2,1-2H3/t13-,14-,15-,16-,18-,19-,20+,21-/m0/s1. The van der Waals surface area contributed by atoms with Crippen molar-refractivity contribution >= 4 is 5.97 Å². The highest BCUT2D eigenvalue weighted by Gasteiger charge is 2.72. The van der Waals surface area contributed by atoms with E-state index in [-0.39, 0.29) is 41.0 Å². The number of cyclic esters (lactones) is 1. The van der Waals surface area contributed by atoms with Crippen LogP contribution in [0, 0.1) is 34.0 Å². The summed E-state index contributed by atoms with van der Waals surface area (Å²) in [6.07, 6.45) is 8.32. The van der Waals surface area contributed by atoms with Gasteiger partial charge >= 0.3 is 5.97 Å². The van der Waals surface area contributed by atoms with Gasteiger partial charge in [0.15, 0.2) is 0 Å². The van der Waals surface area contributed by atoms with E-state index in [2.05, 4.69) is 6.92 Å². The molecule has 5 aliphatic rings. The lowest BCUT2D eigenvalue weighted by molar-refractivity contribution is -0.165. The van der Waals surface area contributed by atoms with E-state index in [4.69, 9.17) is 9.47 Å². The van der Waals surface area contributed by atoms with Gasteiger partial charge in [-0.3, -0.25) is 4.79 Å². The molecule has 2 N–H and O–H groups in total. The Morgan fingerprint density at radius 1 is 1.15 bits per heavy atom. The van der Waals surface area contributed by atoms with Crippen molar-refractivity contribution < 1.29 is 24.5 Å². The molecule has 0 aromatic rings. The van der Waals surface area contributed by atoms with Gasteiger partial charge in [-0.2, -0.15) is 0 Å². The van der Waals surface area contributed by atoms with Crippen LogP contribution in [0.3, 0.4) is 0 Å². The average molecular weight is 364 g/mol. The number of ether oxygens (including phenoxy) is 2. The van der Waals surface area contributed by atoms with Crippen molar-refractivity contribution in [3.63, 3.8) is 0 Å². The molecule has 2 spiro atoms. The Bertz CT molecular complexity index is 636. The van der Waals surface area contributed by atoms with Crippen molar-refractivity contribution in [3.8, 4) is 0 Å². The highest BCUT2D eigenvalue weighted by atomic mass is 16.7. The van der Waals surface area contributed by atoms with Crippen molar-refractivity contribution in [2.75, 3.05) is 13.7 Å². The first-order valence-electron chi connectivity index (χ1n) is 10.4. The Hall–Kier alpha value is -0.650. The van der Waals surface area contributed by atoms with E-state index in [0.717, 1.165) is 51.4 Å². The molecular formula is C21H32O5. The predicted molar refractivity (Wildman–Crippen MR) is 93.9 cm³/mol. The number of rotatable bonds is 2. The third-order valence-electron chi connectivity index (χ3n) is 9.63. The smallest absolute Gasteiger partial charge is 0.314 e. The average Bonchev–Trinajstić information content (AvgIpc) is 3.18. The molecule has 5 nitrogen and oxygen atoms in total. The number of fused-ring (bicyclic) bond motifs is 4. The predicted octanol–water partition coefficient (Wildman–Crippen LogP) is 2.63. The van der Waals surface area contributed by atoms with E-state index in [1.54, 1.807) is 7.11 Å². The van der Waals surface area contributed by atoms with Crippen LogP contribution in [0.1, 0.15) is 64.7 Å². The summed E-state index contributed by atoms with van der Waals surface area (Å²) in [6.45, 7) is 2.29. The molecule has 5 fully saturated rings. The van der Waals surface area contributed by atoms with Crippen LogP contribution in [0.15, 0.2) is 0 Å². The first-order chi connectivity index (χ1) is 12.3. The topological polar surface area (TPSA) is 76.0 Å². The maximum atomic E-state index is 12.9. The molecule has 5 heteroatoms. The molecule has 1 heterocycles. The van der Waals surface area contributed by atoms with Crippen LogP contribution < -0.4 is 0 Å². The molecule has 0 radical (unpaired) electrons. The number of aliphatic hydroxyl groups excluding tert-OH is 1. The molecule has 2 bridgehead atoms. The summed E-state index contributed by atoms with van der Waals surface area (Å²) < 4.78 is 10.9. The number of carbonyl (C=O) groups excluding carboxylic acids is 1. The summed E-state index contributed by atoms with van der Waals surface area (Å²) in [6, 6.07) is 0. The van der Waals surface area contributed by atoms with Gasteiger partial charge in [0.1, 0.15) is 0 Å². The molecule has 5 rings (SSSR count). The maximum absolute atomic E-state index is 12.9. The van der Waals surface area contributed by atoms with Gasteiger partial charge in [-0.1, -0.05) is 6.92 Å². The fourth-order valence-electron chi connectivity index (χ4n) is 8.60. The Kier molecular flexibility index (Phi) is 3.51. The van der Waals surface area contributed by atoms with Crippen LogP contribution in [-0.4, -0.2) is 41.8 Å². The number of hydrogen-bond donors (Lipinski definition) is 2. The van der Waals surface area contributed by atoms with Gasteiger partial charge in [0.25, 0.3) is 0 Å². The third kappa shape index (κ3) is 1.90. The van der Waals surface area contributed by atoms with Crippen LogP contribution >= 0.6 is 0 Å². The molecule has 1 aliphatic heterocycles. The molecule has 0 aromatic carbocycles. The maximum Gasteiger partial charge on any atom is 0.314 e. The molecule has 0 aromatic heterocycles. The van der Waals surface area contributed by atoms with E-state index in [0.29, 0.717) is 18.3 Å². The lowest BCUT2D eigenvalue weighted by Gasteiger charge is -2.57. The Morgan fingerprint density at radius 2 is 1.96 bits per heavy atom. The van der Waals surface area contributed by atoms with Gasteiger partial charge in [0, 0.05) is 13.5 Å². The van der Waals surface area contributed by atoms with Gasteiger partial charge < -0.3 is 19.7 Å². The molecular weight excluding hydrogens is 332 g/mol. The molecule has 146 valence electrons. The summed E-state index contributed by atoms with van der Waals surface area (Å²) in [5.74, 6) is 1.10. The van der Waals surface area contributed by atoms with Gasteiger partial charge in [0.2, 0.25) is 6.29 Å². The van der Waals surface area contributed by atoms with Crippen LogP contribution in [0.2, 0.25) is 0 Å². The van der Waals surface area contributed by atoms with Crippen molar-refractivity contribution in [1.82, 2.24) is 0 Å². The van der Waals surface area contributed by atoms with Gasteiger partial charge in [0.05, 0.1) is 17.6 Å². The minimum atomic E-state index is -0.887. The van der Waals surface area contributed by atoms with Crippen LogP contribution in [0.5, 0.6) is 0 Å². The van der Waals surface area contributed by atoms with E-state index in [1.807, 2.05) is 0 Å². The second kappa shape index (κ2) is 5.24. The molecule has 1 saturated heterocycles. The fraction of sp³-hybridized carbons (Fsp3) is 0.952. The van der Waals surface area contributed by atoms with Crippen molar-refractivity contribution in [3.05, 3.63) is 0 Å². The monoisotopic (exact) mass is 364 g/mol. The van der Waals surface area contributed by atoms with Gasteiger partial charge in [-0.15, -0.1) is 0 Å². The first-order valence-corrected chi connectivity index (χ1v) is 10.4. The van der Waals surface area contributed by atoms with Crippen LogP contribution in [0.4, 0.5) is 0 Å². The second-order valence-electron chi connectivity index (χ2n) is 10.4. The number of carbonyl (C=O) groups is 1. The largest absolute Gasteiger partial charge is 0.435 e. The van der Waals surface area contributed by atoms with Gasteiger partial charge in [-0.05, 0) is 80.0 Å². The number of esters is 1. The van der Waals surface area contributed by atoms with E-state index in [1.165, 1.54) is 0 Å². The zero-order chi connectivity index (χ0) is 18.4. The molecule has 4 aliphatic carbocycles. The zero-order valence-electron chi connectivity index (χ0n) is 16.0. The minimum absolute atomic E-state index is 0.0407. The Labute approximate surface area is 155 Å². The van der Waals surface area contributed by atoms with Crippen LogP contribution in [0.25, 0.3) is 0 Å². The molecule has 4 saturated carbocycles. The molecule has 8 atom stereocenters. The second-order valence-corrected chi connectivity index (χ2v) is 10.4. The van der Waals surface area contributed by atoms with Crippen molar-refractivity contribution in [1.29, 1.82) is 0 Å². The summed E-state index contributed by atoms with van der Waals surface area (Å²) in [5.41, 5.74) is -0.965. The fourth-order valence-corrected chi connectivity index (χ4v) is 8.60. The number of hydrogen-bond acceptors (Lipinski definition) is 5. The third-order valence-corrected chi connectivity index (χ3v) is 9.63. The SMILES string of the molecule is CO[C@@H]1C[C@@]2(CC[C@@]3(C)[C@@H]4CC[C@H]5C[C@@]4(CC[C@H]23)C[C@]5(O)CO)C(=O)O1.